The minimum atomic E-state index is -0.994. The highest BCUT2D eigenvalue weighted by Crippen LogP contribution is 2.45. The van der Waals surface area contributed by atoms with Gasteiger partial charge >= 0.3 is 12.1 Å². The fourth-order valence-corrected chi connectivity index (χ4v) is 2.40. The fourth-order valence-electron chi connectivity index (χ4n) is 2.40. The van der Waals surface area contributed by atoms with Gasteiger partial charge in [-0.05, 0) is 27.7 Å². The van der Waals surface area contributed by atoms with Gasteiger partial charge in [0.15, 0.2) is 0 Å². The molecule has 6 heteroatoms. The molecule has 0 spiro atoms. The highest BCUT2D eigenvalue weighted by molar-refractivity contribution is 5.86. The maximum absolute atomic E-state index is 12.1. The van der Waals surface area contributed by atoms with Crippen molar-refractivity contribution >= 4 is 12.1 Å². The SMILES string of the molecule is CCOC(=O)[C@]1(NC(=O)OC(C)(C)C)C[C@@H]2O[C@@H]2C1. The normalized spacial score (nSPS) is 32.4. The van der Waals surface area contributed by atoms with Crippen LogP contribution in [-0.2, 0) is 19.0 Å². The summed E-state index contributed by atoms with van der Waals surface area (Å²) in [4.78, 5) is 24.0. The van der Waals surface area contributed by atoms with Crippen LogP contribution in [-0.4, -0.2) is 42.0 Å². The highest BCUT2D eigenvalue weighted by Gasteiger charge is 2.61. The summed E-state index contributed by atoms with van der Waals surface area (Å²) >= 11 is 0. The molecule has 3 atom stereocenters. The molecule has 1 heterocycles. The Kier molecular flexibility index (Phi) is 3.47. The number of hydrogen-bond acceptors (Lipinski definition) is 5. The molecule has 1 amide bonds. The van der Waals surface area contributed by atoms with Crippen molar-refractivity contribution in [3.8, 4) is 0 Å². The standard InChI is InChI=1S/C13H21NO5/c1-5-17-10(15)13(6-8-9(7-13)18-8)14-11(16)19-12(2,3)4/h8-9H,5-7H2,1-4H3,(H,14,16)/t8-,9+,13-. The van der Waals surface area contributed by atoms with Gasteiger partial charge in [-0.25, -0.2) is 9.59 Å². The van der Waals surface area contributed by atoms with Gasteiger partial charge in [-0.1, -0.05) is 0 Å². The van der Waals surface area contributed by atoms with E-state index in [-0.39, 0.29) is 18.8 Å². The van der Waals surface area contributed by atoms with Crippen LogP contribution in [0.4, 0.5) is 4.79 Å². The summed E-state index contributed by atoms with van der Waals surface area (Å²) < 4.78 is 15.6. The predicted molar refractivity (Wildman–Crippen MR) is 66.6 cm³/mol. The molecule has 2 rings (SSSR count). The molecule has 2 fully saturated rings. The van der Waals surface area contributed by atoms with Gasteiger partial charge in [0.2, 0.25) is 0 Å². The number of alkyl carbamates (subject to hydrolysis) is 1. The number of carbonyl (C=O) groups excluding carboxylic acids is 2. The minimum absolute atomic E-state index is 0.0549. The first-order valence-corrected chi connectivity index (χ1v) is 6.59. The lowest BCUT2D eigenvalue weighted by atomic mass is 9.97. The van der Waals surface area contributed by atoms with Crippen LogP contribution >= 0.6 is 0 Å². The lowest BCUT2D eigenvalue weighted by Gasteiger charge is -2.30. The van der Waals surface area contributed by atoms with Gasteiger partial charge in [0.25, 0.3) is 0 Å². The topological polar surface area (TPSA) is 77.2 Å². The molecule has 108 valence electrons. The average molecular weight is 271 g/mol. The Morgan fingerprint density at radius 2 is 1.89 bits per heavy atom. The summed E-state index contributed by atoms with van der Waals surface area (Å²) in [7, 11) is 0. The number of epoxide rings is 1. The largest absolute Gasteiger partial charge is 0.464 e. The van der Waals surface area contributed by atoms with Crippen molar-refractivity contribution in [3.05, 3.63) is 0 Å². The Bertz CT molecular complexity index is 377. The zero-order valence-corrected chi connectivity index (χ0v) is 11.8. The monoisotopic (exact) mass is 271 g/mol. The smallest absolute Gasteiger partial charge is 0.408 e. The van der Waals surface area contributed by atoms with Gasteiger partial charge in [-0.2, -0.15) is 0 Å². The molecule has 6 nitrogen and oxygen atoms in total. The van der Waals surface area contributed by atoms with Gasteiger partial charge in [0.1, 0.15) is 11.1 Å². The summed E-state index contributed by atoms with van der Waals surface area (Å²) in [6.45, 7) is 7.36. The molecule has 1 aliphatic carbocycles. The second-order valence-corrected chi connectivity index (χ2v) is 6.05. The Morgan fingerprint density at radius 3 is 2.37 bits per heavy atom. The molecule has 19 heavy (non-hydrogen) atoms. The van der Waals surface area contributed by atoms with E-state index < -0.39 is 23.2 Å². The van der Waals surface area contributed by atoms with E-state index in [1.54, 1.807) is 27.7 Å². The van der Waals surface area contributed by atoms with E-state index in [2.05, 4.69) is 5.32 Å². The second-order valence-electron chi connectivity index (χ2n) is 6.05. The van der Waals surface area contributed by atoms with Gasteiger partial charge < -0.3 is 19.5 Å². The molecule has 0 radical (unpaired) electrons. The number of rotatable bonds is 3. The van der Waals surface area contributed by atoms with Gasteiger partial charge in [0.05, 0.1) is 18.8 Å². The lowest BCUT2D eigenvalue weighted by Crippen LogP contribution is -2.55. The molecule has 1 aliphatic heterocycles. The van der Waals surface area contributed by atoms with Crippen molar-refractivity contribution in [2.75, 3.05) is 6.61 Å². The Labute approximate surface area is 112 Å². The van der Waals surface area contributed by atoms with Crippen LogP contribution in [0.5, 0.6) is 0 Å². The molecule has 0 bridgehead atoms. The Balaban J connectivity index is 2.03. The van der Waals surface area contributed by atoms with Crippen LogP contribution < -0.4 is 5.32 Å². The van der Waals surface area contributed by atoms with Crippen molar-refractivity contribution in [1.82, 2.24) is 5.32 Å². The van der Waals surface area contributed by atoms with E-state index >= 15 is 0 Å². The zero-order valence-electron chi connectivity index (χ0n) is 11.8. The first-order valence-electron chi connectivity index (χ1n) is 6.59. The number of nitrogens with one attached hydrogen (secondary N) is 1. The molecular weight excluding hydrogens is 250 g/mol. The highest BCUT2D eigenvalue weighted by atomic mass is 16.6. The molecule has 1 saturated heterocycles. The third kappa shape index (κ3) is 3.18. The summed E-state index contributed by atoms with van der Waals surface area (Å²) in [6.07, 6.45) is 0.423. The number of carbonyl (C=O) groups is 2. The molecule has 1 saturated carbocycles. The van der Waals surface area contributed by atoms with Crippen molar-refractivity contribution in [3.63, 3.8) is 0 Å². The van der Waals surface area contributed by atoms with E-state index in [0.29, 0.717) is 12.8 Å². The molecule has 2 aliphatic rings. The van der Waals surface area contributed by atoms with Gasteiger partial charge in [0, 0.05) is 12.8 Å². The van der Waals surface area contributed by atoms with Crippen LogP contribution in [0.15, 0.2) is 0 Å². The van der Waals surface area contributed by atoms with Crippen molar-refractivity contribution in [1.29, 1.82) is 0 Å². The predicted octanol–water partition coefficient (Wildman–Crippen LogP) is 1.37. The molecule has 0 unspecified atom stereocenters. The third-order valence-electron chi connectivity index (χ3n) is 3.19. The quantitative estimate of drug-likeness (QED) is 0.619. The van der Waals surface area contributed by atoms with Crippen LogP contribution in [0.3, 0.4) is 0 Å². The fraction of sp³-hybridized carbons (Fsp3) is 0.846. The van der Waals surface area contributed by atoms with Crippen molar-refractivity contribution in [2.45, 2.75) is 63.9 Å². The maximum atomic E-state index is 12.1. The number of hydrogen-bond donors (Lipinski definition) is 1. The van der Waals surface area contributed by atoms with Crippen molar-refractivity contribution < 1.29 is 23.8 Å². The van der Waals surface area contributed by atoms with Crippen LogP contribution in [0.1, 0.15) is 40.5 Å². The van der Waals surface area contributed by atoms with E-state index in [1.807, 2.05) is 0 Å². The molecule has 0 aromatic rings. The Hall–Kier alpha value is -1.30. The number of ether oxygens (including phenoxy) is 3. The van der Waals surface area contributed by atoms with E-state index in [4.69, 9.17) is 14.2 Å². The van der Waals surface area contributed by atoms with Gasteiger partial charge in [-0.3, -0.25) is 0 Å². The molecule has 0 aromatic carbocycles. The number of fused-ring (bicyclic) bond motifs is 1. The van der Waals surface area contributed by atoms with E-state index in [0.717, 1.165) is 0 Å². The molecule has 0 aromatic heterocycles. The second kappa shape index (κ2) is 4.67. The summed E-state index contributed by atoms with van der Waals surface area (Å²) in [6, 6.07) is 0. The third-order valence-corrected chi connectivity index (χ3v) is 3.19. The summed E-state index contributed by atoms with van der Waals surface area (Å²) in [5.74, 6) is -0.406. The van der Waals surface area contributed by atoms with Crippen LogP contribution in [0, 0.1) is 0 Å². The van der Waals surface area contributed by atoms with Crippen LogP contribution in [0.25, 0.3) is 0 Å². The summed E-state index contributed by atoms with van der Waals surface area (Å²) in [5.41, 5.74) is -1.59. The number of amides is 1. The first kappa shape index (κ1) is 14.1. The average Bonchev–Trinajstić information content (AvgIpc) is 2.84. The molecule has 1 N–H and O–H groups in total. The Morgan fingerprint density at radius 1 is 1.32 bits per heavy atom. The summed E-state index contributed by atoms with van der Waals surface area (Å²) in [5, 5.41) is 2.68. The van der Waals surface area contributed by atoms with Crippen LogP contribution in [0.2, 0.25) is 0 Å². The molecular formula is C13H21NO5. The maximum Gasteiger partial charge on any atom is 0.408 e. The van der Waals surface area contributed by atoms with E-state index in [9.17, 15) is 9.59 Å². The first-order chi connectivity index (χ1) is 8.76. The van der Waals surface area contributed by atoms with Crippen molar-refractivity contribution in [2.24, 2.45) is 0 Å². The lowest BCUT2D eigenvalue weighted by molar-refractivity contribution is -0.152. The minimum Gasteiger partial charge on any atom is -0.464 e. The zero-order chi connectivity index (χ0) is 14.3. The van der Waals surface area contributed by atoms with Gasteiger partial charge in [-0.15, -0.1) is 0 Å². The number of esters is 1. The van der Waals surface area contributed by atoms with E-state index in [1.165, 1.54) is 0 Å².